The Balaban J connectivity index is 1.52. The third-order valence-corrected chi connectivity index (χ3v) is 5.76. The van der Waals surface area contributed by atoms with Crippen molar-refractivity contribution in [3.05, 3.63) is 66.0 Å². The normalized spacial score (nSPS) is 26.6. The summed E-state index contributed by atoms with van der Waals surface area (Å²) in [6, 6.07) is 16.7. The van der Waals surface area contributed by atoms with Crippen LogP contribution in [0.3, 0.4) is 0 Å². The van der Waals surface area contributed by atoms with Crippen LogP contribution >= 0.6 is 0 Å². The van der Waals surface area contributed by atoms with Crippen LogP contribution in [0.15, 0.2) is 54.6 Å². The molecule has 2 fully saturated rings. The van der Waals surface area contributed by atoms with Crippen LogP contribution < -0.4 is 10.6 Å². The highest BCUT2D eigenvalue weighted by Crippen LogP contribution is 2.36. The van der Waals surface area contributed by atoms with Crippen LogP contribution in [-0.4, -0.2) is 43.0 Å². The zero-order valence-corrected chi connectivity index (χ0v) is 14.7. The fourth-order valence-electron chi connectivity index (χ4n) is 4.39. The zero-order chi connectivity index (χ0) is 18.1. The summed E-state index contributed by atoms with van der Waals surface area (Å²) in [6.45, 7) is 2.81. The van der Waals surface area contributed by atoms with Crippen LogP contribution in [0.4, 0.5) is 10.1 Å². The van der Waals surface area contributed by atoms with Gasteiger partial charge in [-0.1, -0.05) is 42.5 Å². The average molecular weight is 353 g/mol. The number of hydrogen-bond acceptors (Lipinski definition) is 3. The summed E-state index contributed by atoms with van der Waals surface area (Å²) in [5.41, 5.74) is 7.69. The van der Waals surface area contributed by atoms with Gasteiger partial charge in [0.2, 0.25) is 5.91 Å². The molecule has 2 aliphatic rings. The Bertz CT molecular complexity index is 782. The van der Waals surface area contributed by atoms with Crippen LogP contribution in [0.5, 0.6) is 0 Å². The molecule has 0 bridgehead atoms. The molecule has 1 unspecified atom stereocenters. The standard InChI is InChI=1S/C21H24FN3O/c22-18-8-4-5-9-19(18)25-11-10-20(21(25)26)24-13-16(12-23)17(14-24)15-6-2-1-3-7-15/h1-9,16-17,20H,10-14,23H2/t16-,17+,20?/m1/s1. The van der Waals surface area contributed by atoms with Gasteiger partial charge in [0.1, 0.15) is 5.82 Å². The van der Waals surface area contributed by atoms with E-state index in [9.17, 15) is 9.18 Å². The van der Waals surface area contributed by atoms with E-state index in [4.69, 9.17) is 5.73 Å². The van der Waals surface area contributed by atoms with Gasteiger partial charge < -0.3 is 10.6 Å². The van der Waals surface area contributed by atoms with Crippen molar-refractivity contribution in [1.29, 1.82) is 0 Å². The van der Waals surface area contributed by atoms with E-state index < -0.39 is 0 Å². The third-order valence-electron chi connectivity index (χ3n) is 5.76. The lowest BCUT2D eigenvalue weighted by molar-refractivity contribution is -0.121. The number of rotatable bonds is 4. The van der Waals surface area contributed by atoms with Gasteiger partial charge in [-0.2, -0.15) is 0 Å². The Morgan fingerprint density at radius 2 is 1.77 bits per heavy atom. The number of nitrogens with zero attached hydrogens (tertiary/aromatic N) is 2. The summed E-state index contributed by atoms with van der Waals surface area (Å²) >= 11 is 0. The van der Waals surface area contributed by atoms with Crippen LogP contribution in [0, 0.1) is 11.7 Å². The molecule has 136 valence electrons. The predicted octanol–water partition coefficient (Wildman–Crippen LogP) is 2.61. The maximum Gasteiger partial charge on any atom is 0.244 e. The summed E-state index contributed by atoms with van der Waals surface area (Å²) in [4.78, 5) is 16.8. The monoisotopic (exact) mass is 353 g/mol. The number of likely N-dealkylation sites (tertiary alicyclic amines) is 1. The number of carbonyl (C=O) groups excluding carboxylic acids is 1. The number of anilines is 1. The maximum absolute atomic E-state index is 14.1. The molecule has 2 heterocycles. The molecule has 0 saturated carbocycles. The van der Waals surface area contributed by atoms with Crippen LogP contribution in [0.1, 0.15) is 17.9 Å². The fourth-order valence-corrected chi connectivity index (χ4v) is 4.39. The van der Waals surface area contributed by atoms with Crippen molar-refractivity contribution < 1.29 is 9.18 Å². The quantitative estimate of drug-likeness (QED) is 0.919. The molecule has 4 rings (SSSR count). The van der Waals surface area contributed by atoms with Crippen molar-refractivity contribution >= 4 is 11.6 Å². The Morgan fingerprint density at radius 3 is 2.50 bits per heavy atom. The Hall–Kier alpha value is -2.24. The molecule has 2 aliphatic heterocycles. The Labute approximate surface area is 153 Å². The summed E-state index contributed by atoms with van der Waals surface area (Å²) in [6.07, 6.45) is 0.728. The molecule has 5 heteroatoms. The molecule has 2 aromatic carbocycles. The predicted molar refractivity (Wildman–Crippen MR) is 100 cm³/mol. The van der Waals surface area contributed by atoms with Crippen molar-refractivity contribution in [1.82, 2.24) is 4.90 Å². The lowest BCUT2D eigenvalue weighted by Crippen LogP contribution is -2.41. The number of hydrogen-bond donors (Lipinski definition) is 1. The van der Waals surface area contributed by atoms with E-state index in [1.54, 1.807) is 23.1 Å². The van der Waals surface area contributed by atoms with Gasteiger partial charge in [0, 0.05) is 25.6 Å². The highest BCUT2D eigenvalue weighted by atomic mass is 19.1. The van der Waals surface area contributed by atoms with Crippen LogP contribution in [0.25, 0.3) is 0 Å². The summed E-state index contributed by atoms with van der Waals surface area (Å²) in [7, 11) is 0. The van der Waals surface area contributed by atoms with E-state index in [1.807, 2.05) is 18.2 Å². The summed E-state index contributed by atoms with van der Waals surface area (Å²) in [5, 5.41) is 0. The van der Waals surface area contributed by atoms with Gasteiger partial charge in [-0.15, -0.1) is 0 Å². The number of carbonyl (C=O) groups is 1. The van der Waals surface area contributed by atoms with Gasteiger partial charge in [0.05, 0.1) is 11.7 Å². The van der Waals surface area contributed by atoms with E-state index in [0.29, 0.717) is 30.6 Å². The van der Waals surface area contributed by atoms with Crippen molar-refractivity contribution in [2.24, 2.45) is 11.7 Å². The zero-order valence-electron chi connectivity index (χ0n) is 14.7. The number of para-hydroxylation sites is 1. The molecule has 2 saturated heterocycles. The molecular formula is C21H24FN3O. The topological polar surface area (TPSA) is 49.6 Å². The number of benzene rings is 2. The molecule has 1 amide bonds. The first-order chi connectivity index (χ1) is 12.7. The summed E-state index contributed by atoms with van der Waals surface area (Å²) in [5.74, 6) is 0.341. The molecule has 26 heavy (non-hydrogen) atoms. The second-order valence-corrected chi connectivity index (χ2v) is 7.21. The first-order valence-electron chi connectivity index (χ1n) is 9.24. The van der Waals surface area contributed by atoms with E-state index in [0.717, 1.165) is 19.5 Å². The largest absolute Gasteiger partial charge is 0.330 e. The van der Waals surface area contributed by atoms with E-state index in [-0.39, 0.29) is 17.8 Å². The van der Waals surface area contributed by atoms with Gasteiger partial charge in [-0.3, -0.25) is 9.69 Å². The van der Waals surface area contributed by atoms with Crippen molar-refractivity contribution in [2.45, 2.75) is 18.4 Å². The van der Waals surface area contributed by atoms with Crippen LogP contribution in [0.2, 0.25) is 0 Å². The Morgan fingerprint density at radius 1 is 1.04 bits per heavy atom. The maximum atomic E-state index is 14.1. The molecule has 0 radical (unpaired) electrons. The SMILES string of the molecule is NC[C@@H]1CN(C2CCN(c3ccccc3F)C2=O)C[C@H]1c1ccccc1. The molecule has 2 aromatic rings. The first-order valence-corrected chi connectivity index (χ1v) is 9.24. The summed E-state index contributed by atoms with van der Waals surface area (Å²) < 4.78 is 14.1. The minimum absolute atomic E-state index is 0.000386. The second-order valence-electron chi connectivity index (χ2n) is 7.21. The minimum atomic E-state index is -0.343. The van der Waals surface area contributed by atoms with E-state index in [2.05, 4.69) is 17.0 Å². The Kier molecular flexibility index (Phi) is 4.74. The molecule has 0 aromatic heterocycles. The van der Waals surface area contributed by atoms with Gasteiger partial charge in [-0.25, -0.2) is 4.39 Å². The minimum Gasteiger partial charge on any atom is -0.330 e. The molecule has 0 aliphatic carbocycles. The first kappa shape index (κ1) is 17.2. The van der Waals surface area contributed by atoms with Crippen molar-refractivity contribution in [3.63, 3.8) is 0 Å². The highest BCUT2D eigenvalue weighted by molar-refractivity contribution is 5.99. The van der Waals surface area contributed by atoms with Gasteiger partial charge in [-0.05, 0) is 36.6 Å². The second kappa shape index (κ2) is 7.17. The van der Waals surface area contributed by atoms with Gasteiger partial charge in [0.25, 0.3) is 0 Å². The number of nitrogens with two attached hydrogens (primary N) is 1. The molecule has 3 atom stereocenters. The molecule has 2 N–H and O–H groups in total. The fraction of sp³-hybridized carbons (Fsp3) is 0.381. The molecular weight excluding hydrogens is 329 g/mol. The lowest BCUT2D eigenvalue weighted by atomic mass is 9.89. The molecule has 4 nitrogen and oxygen atoms in total. The van der Waals surface area contributed by atoms with Crippen molar-refractivity contribution in [3.8, 4) is 0 Å². The van der Waals surface area contributed by atoms with Crippen LogP contribution in [-0.2, 0) is 4.79 Å². The average Bonchev–Trinajstić information content (AvgIpc) is 3.26. The number of amides is 1. The molecule has 0 spiro atoms. The van der Waals surface area contributed by atoms with E-state index >= 15 is 0 Å². The van der Waals surface area contributed by atoms with Gasteiger partial charge >= 0.3 is 0 Å². The highest BCUT2D eigenvalue weighted by Gasteiger charge is 2.43. The van der Waals surface area contributed by atoms with Crippen molar-refractivity contribution in [2.75, 3.05) is 31.1 Å². The number of halogens is 1. The lowest BCUT2D eigenvalue weighted by Gasteiger charge is -2.23. The smallest absolute Gasteiger partial charge is 0.244 e. The van der Waals surface area contributed by atoms with Gasteiger partial charge in [0.15, 0.2) is 0 Å². The van der Waals surface area contributed by atoms with E-state index in [1.165, 1.54) is 11.6 Å². The third kappa shape index (κ3) is 3.02.